The summed E-state index contributed by atoms with van der Waals surface area (Å²) in [6, 6.07) is 13.4. The van der Waals surface area contributed by atoms with Crippen molar-refractivity contribution in [2.24, 2.45) is 0 Å². The van der Waals surface area contributed by atoms with E-state index in [0.29, 0.717) is 44.2 Å². The van der Waals surface area contributed by atoms with E-state index in [1.54, 1.807) is 20.3 Å². The lowest BCUT2D eigenvalue weighted by Gasteiger charge is -2.33. The maximum absolute atomic E-state index is 12.8. The van der Waals surface area contributed by atoms with Gasteiger partial charge < -0.3 is 23.8 Å². The minimum Gasteiger partial charge on any atom is -0.497 e. The Morgan fingerprint density at radius 3 is 2.39 bits per heavy atom. The van der Waals surface area contributed by atoms with E-state index >= 15 is 0 Å². The SMILES string of the molecule is COc1cc(CC(=O)N2CCOC(COc3ccc(C)cc3)C2)cc(OC)c1. The number of amides is 1. The summed E-state index contributed by atoms with van der Waals surface area (Å²) < 4.78 is 22.1. The molecule has 2 aromatic rings. The Balaban J connectivity index is 1.56. The third-order valence-corrected chi connectivity index (χ3v) is 4.71. The fraction of sp³-hybridized carbons (Fsp3) is 0.409. The molecule has 0 N–H and O–H groups in total. The smallest absolute Gasteiger partial charge is 0.227 e. The lowest BCUT2D eigenvalue weighted by Crippen LogP contribution is -2.48. The maximum atomic E-state index is 12.8. The Kier molecular flexibility index (Phi) is 6.76. The largest absolute Gasteiger partial charge is 0.497 e. The monoisotopic (exact) mass is 385 g/mol. The molecule has 2 aromatic carbocycles. The number of ether oxygens (including phenoxy) is 4. The summed E-state index contributed by atoms with van der Waals surface area (Å²) in [6.07, 6.45) is 0.151. The van der Waals surface area contributed by atoms with E-state index in [0.717, 1.165) is 11.3 Å². The molecule has 6 nitrogen and oxygen atoms in total. The summed E-state index contributed by atoms with van der Waals surface area (Å²) in [4.78, 5) is 14.6. The number of aryl methyl sites for hydroxylation is 1. The molecule has 0 spiro atoms. The van der Waals surface area contributed by atoms with Gasteiger partial charge in [-0.1, -0.05) is 17.7 Å². The highest BCUT2D eigenvalue weighted by molar-refractivity contribution is 5.79. The quantitative estimate of drug-likeness (QED) is 0.734. The molecule has 1 heterocycles. The van der Waals surface area contributed by atoms with Gasteiger partial charge in [-0.25, -0.2) is 0 Å². The molecule has 1 unspecified atom stereocenters. The molecule has 150 valence electrons. The van der Waals surface area contributed by atoms with Crippen molar-refractivity contribution in [2.45, 2.75) is 19.4 Å². The predicted octanol–water partition coefficient (Wildman–Crippen LogP) is 2.86. The molecule has 0 saturated carbocycles. The van der Waals surface area contributed by atoms with Crippen LogP contribution in [-0.2, 0) is 16.0 Å². The van der Waals surface area contributed by atoms with Crippen molar-refractivity contribution in [1.82, 2.24) is 4.90 Å². The van der Waals surface area contributed by atoms with E-state index in [1.165, 1.54) is 5.56 Å². The molecular weight excluding hydrogens is 358 g/mol. The average Bonchev–Trinajstić information content (AvgIpc) is 2.73. The van der Waals surface area contributed by atoms with Crippen molar-refractivity contribution >= 4 is 5.91 Å². The number of carbonyl (C=O) groups is 1. The van der Waals surface area contributed by atoms with Crippen LogP contribution in [-0.4, -0.2) is 57.4 Å². The molecule has 3 rings (SSSR count). The molecular formula is C22H27NO5. The van der Waals surface area contributed by atoms with Gasteiger partial charge in [0.2, 0.25) is 5.91 Å². The van der Waals surface area contributed by atoms with Crippen LogP contribution in [0.5, 0.6) is 17.2 Å². The van der Waals surface area contributed by atoms with E-state index in [-0.39, 0.29) is 12.0 Å². The fourth-order valence-corrected chi connectivity index (χ4v) is 3.13. The Hall–Kier alpha value is -2.73. The molecule has 1 aliphatic heterocycles. The molecule has 0 radical (unpaired) electrons. The third kappa shape index (κ3) is 5.39. The number of hydrogen-bond acceptors (Lipinski definition) is 5. The number of benzene rings is 2. The Morgan fingerprint density at radius 1 is 1.07 bits per heavy atom. The maximum Gasteiger partial charge on any atom is 0.227 e. The lowest BCUT2D eigenvalue weighted by atomic mass is 10.1. The number of carbonyl (C=O) groups excluding carboxylic acids is 1. The summed E-state index contributed by atoms with van der Waals surface area (Å²) in [5.74, 6) is 2.21. The summed E-state index contributed by atoms with van der Waals surface area (Å²) >= 11 is 0. The normalized spacial score (nSPS) is 16.5. The first-order valence-corrected chi connectivity index (χ1v) is 9.38. The third-order valence-electron chi connectivity index (χ3n) is 4.71. The number of morpholine rings is 1. The summed E-state index contributed by atoms with van der Waals surface area (Å²) in [6.45, 7) is 4.07. The number of hydrogen-bond donors (Lipinski definition) is 0. The zero-order chi connectivity index (χ0) is 19.9. The molecule has 1 saturated heterocycles. The summed E-state index contributed by atoms with van der Waals surface area (Å²) in [5, 5.41) is 0. The minimum absolute atomic E-state index is 0.0546. The van der Waals surface area contributed by atoms with Crippen LogP contribution >= 0.6 is 0 Å². The van der Waals surface area contributed by atoms with Crippen LogP contribution < -0.4 is 14.2 Å². The zero-order valence-electron chi connectivity index (χ0n) is 16.6. The van der Waals surface area contributed by atoms with E-state index in [1.807, 2.05) is 48.2 Å². The van der Waals surface area contributed by atoms with Gasteiger partial charge in [-0.3, -0.25) is 4.79 Å². The van der Waals surface area contributed by atoms with Gasteiger partial charge in [0.1, 0.15) is 30.0 Å². The molecule has 1 fully saturated rings. The van der Waals surface area contributed by atoms with Crippen LogP contribution in [0.15, 0.2) is 42.5 Å². The van der Waals surface area contributed by atoms with Crippen molar-refractivity contribution in [3.05, 3.63) is 53.6 Å². The second-order valence-corrected chi connectivity index (χ2v) is 6.85. The van der Waals surface area contributed by atoms with Gasteiger partial charge in [0.05, 0.1) is 33.8 Å². The molecule has 1 amide bonds. The number of rotatable bonds is 7. The highest BCUT2D eigenvalue weighted by Gasteiger charge is 2.25. The Morgan fingerprint density at radius 2 is 1.75 bits per heavy atom. The van der Waals surface area contributed by atoms with Crippen LogP contribution in [0.4, 0.5) is 0 Å². The molecule has 0 aliphatic carbocycles. The molecule has 0 aromatic heterocycles. The van der Waals surface area contributed by atoms with Gasteiger partial charge in [-0.05, 0) is 36.8 Å². The minimum atomic E-state index is -0.140. The zero-order valence-corrected chi connectivity index (χ0v) is 16.6. The fourth-order valence-electron chi connectivity index (χ4n) is 3.13. The van der Waals surface area contributed by atoms with Crippen LogP contribution in [0.25, 0.3) is 0 Å². The number of nitrogens with zero attached hydrogens (tertiary/aromatic N) is 1. The summed E-state index contributed by atoms with van der Waals surface area (Å²) in [5.41, 5.74) is 2.05. The molecule has 28 heavy (non-hydrogen) atoms. The Bertz CT molecular complexity index is 768. The van der Waals surface area contributed by atoms with E-state index < -0.39 is 0 Å². The van der Waals surface area contributed by atoms with E-state index in [4.69, 9.17) is 18.9 Å². The Labute approximate surface area is 166 Å². The lowest BCUT2D eigenvalue weighted by molar-refractivity contribution is -0.139. The van der Waals surface area contributed by atoms with Crippen LogP contribution in [0.1, 0.15) is 11.1 Å². The predicted molar refractivity (Wildman–Crippen MR) is 106 cm³/mol. The van der Waals surface area contributed by atoms with E-state index in [9.17, 15) is 4.79 Å². The van der Waals surface area contributed by atoms with Crippen LogP contribution in [0.2, 0.25) is 0 Å². The summed E-state index contributed by atoms with van der Waals surface area (Å²) in [7, 11) is 3.20. The van der Waals surface area contributed by atoms with Crippen molar-refractivity contribution in [3.63, 3.8) is 0 Å². The van der Waals surface area contributed by atoms with Gasteiger partial charge in [0.15, 0.2) is 0 Å². The number of methoxy groups -OCH3 is 2. The topological polar surface area (TPSA) is 57.2 Å². The first-order chi connectivity index (χ1) is 13.6. The first kappa shape index (κ1) is 20.0. The van der Waals surface area contributed by atoms with Gasteiger partial charge in [0, 0.05) is 12.6 Å². The molecule has 1 aliphatic rings. The van der Waals surface area contributed by atoms with Crippen LogP contribution in [0.3, 0.4) is 0 Å². The second-order valence-electron chi connectivity index (χ2n) is 6.85. The highest BCUT2D eigenvalue weighted by Crippen LogP contribution is 2.23. The first-order valence-electron chi connectivity index (χ1n) is 9.38. The molecule has 1 atom stereocenters. The van der Waals surface area contributed by atoms with E-state index in [2.05, 4.69) is 0 Å². The van der Waals surface area contributed by atoms with Crippen molar-refractivity contribution in [1.29, 1.82) is 0 Å². The van der Waals surface area contributed by atoms with Gasteiger partial charge in [-0.2, -0.15) is 0 Å². The van der Waals surface area contributed by atoms with Gasteiger partial charge in [-0.15, -0.1) is 0 Å². The van der Waals surface area contributed by atoms with Crippen molar-refractivity contribution < 1.29 is 23.7 Å². The van der Waals surface area contributed by atoms with Gasteiger partial charge >= 0.3 is 0 Å². The van der Waals surface area contributed by atoms with Crippen molar-refractivity contribution in [3.8, 4) is 17.2 Å². The average molecular weight is 385 g/mol. The highest BCUT2D eigenvalue weighted by atomic mass is 16.5. The second kappa shape index (κ2) is 9.46. The molecule has 0 bridgehead atoms. The van der Waals surface area contributed by atoms with Gasteiger partial charge in [0.25, 0.3) is 0 Å². The molecule has 6 heteroatoms. The van der Waals surface area contributed by atoms with Crippen molar-refractivity contribution in [2.75, 3.05) is 40.5 Å². The van der Waals surface area contributed by atoms with Crippen LogP contribution in [0, 0.1) is 6.92 Å². The standard InChI is InChI=1S/C22H27NO5/c1-16-4-6-18(7-5-16)28-15-21-14-23(8-9-27-21)22(24)12-17-10-19(25-2)13-20(11-17)26-3/h4-7,10-11,13,21H,8-9,12,14-15H2,1-3H3.